The normalized spacial score (nSPS) is 9.85. The fourth-order valence-electron chi connectivity index (χ4n) is 1.39. The zero-order valence-corrected chi connectivity index (χ0v) is 11.1. The van der Waals surface area contributed by atoms with Crippen LogP contribution in [0.15, 0.2) is 60.7 Å². The third-order valence-electron chi connectivity index (χ3n) is 2.09. The highest BCUT2D eigenvalue weighted by Gasteiger charge is 2.18. The van der Waals surface area contributed by atoms with Crippen LogP contribution in [-0.4, -0.2) is 17.5 Å². The predicted octanol–water partition coefficient (Wildman–Crippen LogP) is 2.94. The number of rotatable bonds is 2. The number of benzene rings is 2. The van der Waals surface area contributed by atoms with E-state index in [0.29, 0.717) is 0 Å². The molecule has 0 aliphatic rings. The molecule has 0 radical (unpaired) electrons. The number of hydrogen-bond donors (Lipinski definition) is 2. The zero-order valence-electron chi connectivity index (χ0n) is 10.2. The molecule has 0 fully saturated rings. The molecule has 7 nitrogen and oxygen atoms in total. The summed E-state index contributed by atoms with van der Waals surface area (Å²) in [6, 6.07) is 19.0. The maximum Gasteiger partial charge on any atom is 0.394 e. The van der Waals surface area contributed by atoms with Gasteiger partial charge in [0.2, 0.25) is 0 Å². The fraction of sp³-hybridized carbons (Fsp3) is 0. The van der Waals surface area contributed by atoms with Crippen LogP contribution in [0.1, 0.15) is 0 Å². The number of hydrogen-bond acceptors (Lipinski definition) is 4. The highest BCUT2D eigenvalue weighted by Crippen LogP contribution is 2.24. The lowest BCUT2D eigenvalue weighted by molar-refractivity contribution is 0.381. The van der Waals surface area contributed by atoms with E-state index < -0.39 is 10.4 Å². The smallest absolute Gasteiger partial charge is 0.264 e. The van der Waals surface area contributed by atoms with Crippen LogP contribution in [-0.2, 0) is 10.4 Å². The fourth-order valence-corrected chi connectivity index (χ4v) is 1.39. The van der Waals surface area contributed by atoms with Crippen LogP contribution in [0.2, 0.25) is 0 Å². The van der Waals surface area contributed by atoms with E-state index in [-0.39, 0.29) is 0 Å². The second-order valence-corrected chi connectivity index (χ2v) is 4.42. The summed E-state index contributed by atoms with van der Waals surface area (Å²) in [6.45, 7) is 0. The van der Waals surface area contributed by atoms with E-state index in [1.54, 1.807) is 0 Å². The van der Waals surface area contributed by atoms with Crippen molar-refractivity contribution >= 4 is 21.8 Å². The molecule has 0 saturated carbocycles. The van der Waals surface area contributed by atoms with Crippen molar-refractivity contribution in [2.75, 3.05) is 5.01 Å². The van der Waals surface area contributed by atoms with Gasteiger partial charge in [-0.15, -0.1) is 0 Å². The second kappa shape index (κ2) is 7.20. The highest BCUT2D eigenvalue weighted by atomic mass is 32.3. The Kier molecular flexibility index (Phi) is 5.61. The lowest BCUT2D eigenvalue weighted by Crippen LogP contribution is -2.04. The average molecular weight is 294 g/mol. The summed E-state index contributed by atoms with van der Waals surface area (Å²) in [5.74, 6) is 0. The van der Waals surface area contributed by atoms with Crippen molar-refractivity contribution in [3.8, 4) is 0 Å². The Hall–Kier alpha value is -2.47. The Morgan fingerprint density at radius 2 is 1.15 bits per heavy atom. The van der Waals surface area contributed by atoms with Gasteiger partial charge in [0.05, 0.1) is 0 Å². The van der Waals surface area contributed by atoms with Gasteiger partial charge < -0.3 is 0 Å². The van der Waals surface area contributed by atoms with Crippen molar-refractivity contribution in [3.05, 3.63) is 65.7 Å². The molecule has 104 valence electrons. The van der Waals surface area contributed by atoms with E-state index in [9.17, 15) is 0 Å². The van der Waals surface area contributed by atoms with Gasteiger partial charge in [-0.3, -0.25) is 9.11 Å². The molecule has 2 aromatic carbocycles. The van der Waals surface area contributed by atoms with E-state index >= 15 is 0 Å². The highest BCUT2D eigenvalue weighted by molar-refractivity contribution is 7.79. The van der Waals surface area contributed by atoms with Crippen LogP contribution in [0, 0.1) is 5.39 Å². The van der Waals surface area contributed by atoms with Crippen LogP contribution >= 0.6 is 0 Å². The Labute approximate surface area is 116 Å². The van der Waals surface area contributed by atoms with Gasteiger partial charge in [-0.2, -0.15) is 8.42 Å². The molecule has 0 saturated heterocycles. The average Bonchev–Trinajstić information content (AvgIpc) is 2.40. The van der Waals surface area contributed by atoms with E-state index in [1.807, 2.05) is 60.7 Å². The van der Waals surface area contributed by atoms with Crippen molar-refractivity contribution in [2.45, 2.75) is 0 Å². The summed E-state index contributed by atoms with van der Waals surface area (Å²) in [5.41, 5.74) is 1.65. The maximum atomic E-state index is 8.98. The Morgan fingerprint density at radius 3 is 1.40 bits per heavy atom. The number of nitrogens with zero attached hydrogens (tertiary/aromatic N) is 3. The number of anilines is 2. The third kappa shape index (κ3) is 5.92. The molecule has 20 heavy (non-hydrogen) atoms. The molecule has 0 bridgehead atoms. The Morgan fingerprint density at radius 1 is 0.850 bits per heavy atom. The van der Waals surface area contributed by atoms with Gasteiger partial charge in [0.25, 0.3) is 5.39 Å². The molecule has 0 spiro atoms. The quantitative estimate of drug-likeness (QED) is 0.501. The van der Waals surface area contributed by atoms with Crippen LogP contribution in [0.4, 0.5) is 11.4 Å². The molecule has 0 aromatic heterocycles. The van der Waals surface area contributed by atoms with Gasteiger partial charge in [-0.05, 0) is 24.3 Å². The molecule has 0 aliphatic carbocycles. The lowest BCUT2D eigenvalue weighted by Gasteiger charge is -2.02. The van der Waals surface area contributed by atoms with E-state index in [0.717, 1.165) is 11.4 Å². The van der Waals surface area contributed by atoms with Crippen molar-refractivity contribution in [1.82, 2.24) is 0 Å². The van der Waals surface area contributed by atoms with Gasteiger partial charge >= 0.3 is 15.5 Å². The summed E-state index contributed by atoms with van der Waals surface area (Å²) in [5, 5.41) is 13.7. The van der Waals surface area contributed by atoms with Crippen molar-refractivity contribution < 1.29 is 17.5 Å². The van der Waals surface area contributed by atoms with Crippen LogP contribution in [0.3, 0.4) is 0 Å². The van der Waals surface area contributed by atoms with Crippen molar-refractivity contribution in [3.63, 3.8) is 0 Å². The molecule has 8 heteroatoms. The third-order valence-corrected chi connectivity index (χ3v) is 2.09. The topological polar surface area (TPSA) is 106 Å². The van der Waals surface area contributed by atoms with Crippen LogP contribution in [0.5, 0.6) is 0 Å². The summed E-state index contributed by atoms with van der Waals surface area (Å²) >= 11 is 0. The molecule has 2 aromatic rings. The molecule has 0 heterocycles. The largest absolute Gasteiger partial charge is 0.394 e. The summed E-state index contributed by atoms with van der Waals surface area (Å²) < 4.78 is 31.6. The molecule has 0 aliphatic heterocycles. The van der Waals surface area contributed by atoms with Gasteiger partial charge in [0.1, 0.15) is 11.4 Å². The second-order valence-electron chi connectivity index (χ2n) is 3.52. The van der Waals surface area contributed by atoms with Gasteiger partial charge in [-0.1, -0.05) is 36.4 Å². The van der Waals surface area contributed by atoms with Gasteiger partial charge in [0, 0.05) is 5.01 Å². The predicted molar refractivity (Wildman–Crippen MR) is 74.3 cm³/mol. The van der Waals surface area contributed by atoms with Crippen molar-refractivity contribution in [1.29, 1.82) is 5.39 Å². The Bertz CT molecular complexity index is 621. The first-order valence-corrected chi connectivity index (χ1v) is 6.76. The van der Waals surface area contributed by atoms with Gasteiger partial charge in [-0.25, -0.2) is 0 Å². The minimum absolute atomic E-state index is 0.825. The maximum absolute atomic E-state index is 8.98. The van der Waals surface area contributed by atoms with Gasteiger partial charge in [0.15, 0.2) is 0 Å². The van der Waals surface area contributed by atoms with E-state index in [1.165, 1.54) is 5.01 Å². The molecular weight excluding hydrogens is 282 g/mol. The van der Waals surface area contributed by atoms with Crippen LogP contribution in [0.25, 0.3) is 5.08 Å². The number of diazo groups is 1. The zero-order chi connectivity index (χ0) is 15.0. The summed E-state index contributed by atoms with van der Waals surface area (Å²) in [7, 11) is -4.67. The lowest BCUT2D eigenvalue weighted by atomic mass is 10.2. The molecular formula is C12H12N3O4S+. The van der Waals surface area contributed by atoms with E-state index in [2.05, 4.69) is 5.08 Å². The van der Waals surface area contributed by atoms with Crippen molar-refractivity contribution in [2.24, 2.45) is 0 Å². The van der Waals surface area contributed by atoms with Crippen LogP contribution < -0.4 is 5.01 Å². The molecule has 2 rings (SSSR count). The minimum Gasteiger partial charge on any atom is -0.264 e. The number of para-hydroxylation sites is 2. The molecule has 0 atom stereocenters. The summed E-state index contributed by atoms with van der Waals surface area (Å²) in [6.07, 6.45) is 0. The SMILES string of the molecule is N#[N+]N(c1ccccc1)c1ccccc1.O=S(=O)(O)O. The first-order chi connectivity index (χ1) is 9.42. The first-order valence-electron chi connectivity index (χ1n) is 5.37. The first kappa shape index (κ1) is 15.6. The molecule has 0 amide bonds. The summed E-state index contributed by atoms with van der Waals surface area (Å²) in [4.78, 5) is 0. The molecule has 2 N–H and O–H groups in total. The van der Waals surface area contributed by atoms with E-state index in [4.69, 9.17) is 22.9 Å². The standard InChI is InChI=1S/C12H10N3.H2O4S/c13-14-15(11-7-3-1-4-8-11)12-9-5-2-6-10-12;1-5(2,3)4/h1-10H;(H2,1,2,3,4)/q+1;. The molecule has 0 unspecified atom stereocenters. The Balaban J connectivity index is 0.000000347. The minimum atomic E-state index is -4.67. The monoisotopic (exact) mass is 294 g/mol.